The molecule has 18 heavy (non-hydrogen) atoms. The Hall–Kier alpha value is -1.53. The van der Waals surface area contributed by atoms with Gasteiger partial charge < -0.3 is 10.5 Å². The van der Waals surface area contributed by atoms with E-state index in [1.807, 2.05) is 12.1 Å². The lowest BCUT2D eigenvalue weighted by Crippen LogP contribution is -2.34. The zero-order valence-electron chi connectivity index (χ0n) is 11.4. The van der Waals surface area contributed by atoms with Crippen molar-refractivity contribution >= 4 is 0 Å². The Morgan fingerprint density at radius 2 is 1.94 bits per heavy atom. The van der Waals surface area contributed by atoms with Crippen LogP contribution in [-0.2, 0) is 0 Å². The maximum Gasteiger partial charge on any atom is 0.119 e. The molecule has 1 atom stereocenters. The molecule has 1 aromatic carbocycles. The first-order valence-electron chi connectivity index (χ1n) is 6.37. The Balaban J connectivity index is 2.34. The summed E-state index contributed by atoms with van der Waals surface area (Å²) in [6, 6.07) is 10.2. The maximum absolute atomic E-state index is 8.78. The number of nitrogens with two attached hydrogens (primary N) is 1. The molecular formula is C15H22N2O. The molecule has 0 fully saturated rings. The van der Waals surface area contributed by atoms with E-state index < -0.39 is 5.54 Å². The first-order chi connectivity index (χ1) is 8.44. The molecule has 3 nitrogen and oxygen atoms in total. The quantitative estimate of drug-likeness (QED) is 0.784. The number of nitriles is 1. The van der Waals surface area contributed by atoms with Crippen LogP contribution in [0.15, 0.2) is 24.3 Å². The molecule has 1 rings (SSSR count). The average Bonchev–Trinajstić information content (AvgIpc) is 2.35. The van der Waals surface area contributed by atoms with E-state index in [0.717, 1.165) is 12.2 Å². The second kappa shape index (κ2) is 6.42. The summed E-state index contributed by atoms with van der Waals surface area (Å²) < 4.78 is 5.62. The van der Waals surface area contributed by atoms with Crippen LogP contribution in [0.2, 0.25) is 0 Å². The van der Waals surface area contributed by atoms with Gasteiger partial charge in [0.1, 0.15) is 11.3 Å². The van der Waals surface area contributed by atoms with Crippen LogP contribution < -0.4 is 10.5 Å². The minimum Gasteiger partial charge on any atom is -0.494 e. The fraction of sp³-hybridized carbons (Fsp3) is 0.533. The molecular weight excluding hydrogens is 224 g/mol. The van der Waals surface area contributed by atoms with Gasteiger partial charge in [0, 0.05) is 0 Å². The van der Waals surface area contributed by atoms with Crippen molar-refractivity contribution in [2.45, 2.75) is 45.1 Å². The van der Waals surface area contributed by atoms with Gasteiger partial charge >= 0.3 is 0 Å². The number of ether oxygens (including phenoxy) is 1. The number of hydrogen-bond acceptors (Lipinski definition) is 3. The fourth-order valence-corrected chi connectivity index (χ4v) is 1.63. The van der Waals surface area contributed by atoms with E-state index >= 15 is 0 Å². The lowest BCUT2D eigenvalue weighted by Gasteiger charge is -2.15. The summed E-state index contributed by atoms with van der Waals surface area (Å²) in [5.41, 5.74) is 6.29. The fourth-order valence-electron chi connectivity index (χ4n) is 1.63. The Bertz CT molecular complexity index is 401. The van der Waals surface area contributed by atoms with Crippen molar-refractivity contribution in [3.8, 4) is 11.8 Å². The molecule has 98 valence electrons. The molecule has 1 aromatic rings. The molecule has 0 radical (unpaired) electrons. The van der Waals surface area contributed by atoms with Gasteiger partial charge in [-0.25, -0.2) is 0 Å². The molecule has 2 N–H and O–H groups in total. The van der Waals surface area contributed by atoms with E-state index in [1.54, 1.807) is 6.92 Å². The molecule has 1 unspecified atom stereocenters. The van der Waals surface area contributed by atoms with Gasteiger partial charge in [-0.1, -0.05) is 26.0 Å². The van der Waals surface area contributed by atoms with Crippen LogP contribution >= 0.6 is 0 Å². The van der Waals surface area contributed by atoms with E-state index in [1.165, 1.54) is 5.56 Å². The monoisotopic (exact) mass is 246 g/mol. The molecule has 0 spiro atoms. The Labute approximate surface area is 110 Å². The molecule has 0 aliphatic carbocycles. The second-order valence-electron chi connectivity index (χ2n) is 5.21. The number of benzene rings is 1. The molecule has 0 heterocycles. The smallest absolute Gasteiger partial charge is 0.119 e. The van der Waals surface area contributed by atoms with Gasteiger partial charge in [0.15, 0.2) is 0 Å². The molecule has 0 aliphatic rings. The van der Waals surface area contributed by atoms with Crippen LogP contribution in [0.1, 0.15) is 45.1 Å². The first kappa shape index (κ1) is 14.5. The van der Waals surface area contributed by atoms with Crippen LogP contribution in [0.3, 0.4) is 0 Å². The van der Waals surface area contributed by atoms with Crippen molar-refractivity contribution in [1.29, 1.82) is 5.26 Å². The normalized spacial score (nSPS) is 14.0. The summed E-state index contributed by atoms with van der Waals surface area (Å²) in [6.45, 7) is 6.67. The summed E-state index contributed by atoms with van der Waals surface area (Å²) in [4.78, 5) is 0. The van der Waals surface area contributed by atoms with Crippen LogP contribution in [0.5, 0.6) is 5.75 Å². The zero-order chi connectivity index (χ0) is 13.6. The molecule has 0 aromatic heterocycles. The van der Waals surface area contributed by atoms with Crippen molar-refractivity contribution in [2.24, 2.45) is 5.73 Å². The SMILES string of the molecule is CC(C)c1ccc(OCCCC(C)(N)C#N)cc1. The Morgan fingerprint density at radius 3 is 2.44 bits per heavy atom. The highest BCUT2D eigenvalue weighted by Gasteiger charge is 2.16. The van der Waals surface area contributed by atoms with E-state index in [0.29, 0.717) is 18.9 Å². The Morgan fingerprint density at radius 1 is 1.33 bits per heavy atom. The highest BCUT2D eigenvalue weighted by molar-refractivity contribution is 5.28. The Kier molecular flexibility index (Phi) is 5.18. The molecule has 0 saturated carbocycles. The van der Waals surface area contributed by atoms with Crippen molar-refractivity contribution in [3.63, 3.8) is 0 Å². The summed E-state index contributed by atoms with van der Waals surface area (Å²) >= 11 is 0. The second-order valence-corrected chi connectivity index (χ2v) is 5.21. The maximum atomic E-state index is 8.78. The summed E-state index contributed by atoms with van der Waals surface area (Å²) in [6.07, 6.45) is 1.43. The highest BCUT2D eigenvalue weighted by Crippen LogP contribution is 2.19. The van der Waals surface area contributed by atoms with Gasteiger partial charge in [0.2, 0.25) is 0 Å². The number of hydrogen-bond donors (Lipinski definition) is 1. The van der Waals surface area contributed by atoms with Crippen LogP contribution in [0.4, 0.5) is 0 Å². The molecule has 0 bridgehead atoms. The van der Waals surface area contributed by atoms with Gasteiger partial charge in [0.25, 0.3) is 0 Å². The third-order valence-electron chi connectivity index (χ3n) is 2.91. The minimum atomic E-state index is -0.745. The molecule has 3 heteroatoms. The summed E-state index contributed by atoms with van der Waals surface area (Å²) in [5.74, 6) is 1.41. The molecule has 0 amide bonds. The van der Waals surface area contributed by atoms with Gasteiger partial charge in [-0.3, -0.25) is 0 Å². The van der Waals surface area contributed by atoms with Crippen LogP contribution in [0.25, 0.3) is 0 Å². The standard InChI is InChI=1S/C15H22N2O/c1-12(2)13-5-7-14(8-6-13)18-10-4-9-15(3,17)11-16/h5-8,12H,4,9-10,17H2,1-3H3. The van der Waals surface area contributed by atoms with E-state index in [2.05, 4.69) is 32.0 Å². The van der Waals surface area contributed by atoms with Gasteiger partial charge in [-0.15, -0.1) is 0 Å². The van der Waals surface area contributed by atoms with Gasteiger partial charge in [0.05, 0.1) is 12.7 Å². The summed E-state index contributed by atoms with van der Waals surface area (Å²) in [7, 11) is 0. The number of nitrogens with zero attached hydrogens (tertiary/aromatic N) is 1. The van der Waals surface area contributed by atoms with Gasteiger partial charge in [-0.2, -0.15) is 5.26 Å². The van der Waals surface area contributed by atoms with Crippen LogP contribution in [0, 0.1) is 11.3 Å². The lowest BCUT2D eigenvalue weighted by atomic mass is 10.00. The van der Waals surface area contributed by atoms with Crippen molar-refractivity contribution in [1.82, 2.24) is 0 Å². The van der Waals surface area contributed by atoms with Crippen molar-refractivity contribution in [2.75, 3.05) is 6.61 Å². The largest absolute Gasteiger partial charge is 0.494 e. The van der Waals surface area contributed by atoms with E-state index in [9.17, 15) is 0 Å². The highest BCUT2D eigenvalue weighted by atomic mass is 16.5. The van der Waals surface area contributed by atoms with Crippen molar-refractivity contribution in [3.05, 3.63) is 29.8 Å². The van der Waals surface area contributed by atoms with Crippen molar-refractivity contribution < 1.29 is 4.74 Å². The lowest BCUT2D eigenvalue weighted by molar-refractivity contribution is 0.296. The first-order valence-corrected chi connectivity index (χ1v) is 6.37. The predicted molar refractivity (Wildman–Crippen MR) is 73.5 cm³/mol. The third-order valence-corrected chi connectivity index (χ3v) is 2.91. The summed E-state index contributed by atoms with van der Waals surface area (Å²) in [5, 5.41) is 8.78. The van der Waals surface area contributed by atoms with Gasteiger partial charge in [-0.05, 0) is 43.4 Å². The molecule has 0 saturated heterocycles. The third kappa shape index (κ3) is 4.77. The van der Waals surface area contributed by atoms with E-state index in [4.69, 9.17) is 15.7 Å². The number of rotatable bonds is 6. The molecule has 0 aliphatic heterocycles. The zero-order valence-corrected chi connectivity index (χ0v) is 11.4. The topological polar surface area (TPSA) is 59.0 Å². The van der Waals surface area contributed by atoms with Crippen LogP contribution in [-0.4, -0.2) is 12.1 Å². The average molecular weight is 246 g/mol. The predicted octanol–water partition coefficient (Wildman–Crippen LogP) is 3.21. The minimum absolute atomic E-state index is 0.535. The van der Waals surface area contributed by atoms with E-state index in [-0.39, 0.29) is 0 Å².